The van der Waals surface area contributed by atoms with Gasteiger partial charge < -0.3 is 0 Å². The molecule has 4 nitrogen and oxygen atoms in total. The minimum absolute atomic E-state index is 0.00403. The number of nitrogens with zero attached hydrogens (tertiary/aromatic N) is 3. The molecular weight excluding hydrogens is 202 g/mol. The summed E-state index contributed by atoms with van der Waals surface area (Å²) in [5.74, 6) is 0. The van der Waals surface area contributed by atoms with Gasteiger partial charge in [-0.1, -0.05) is 17.7 Å². The van der Waals surface area contributed by atoms with Gasteiger partial charge >= 0.3 is 0 Å². The molecule has 0 unspecified atom stereocenters. The fraction of sp³-hybridized carbons (Fsp3) is 0. The summed E-state index contributed by atoms with van der Waals surface area (Å²) in [5.41, 5.74) is 0.311. The second-order valence-electron chi connectivity index (χ2n) is 2.22. The highest BCUT2D eigenvalue weighted by molar-refractivity contribution is 6.34. The van der Waals surface area contributed by atoms with Crippen LogP contribution in [0.3, 0.4) is 0 Å². The van der Waals surface area contributed by atoms with Gasteiger partial charge in [0.2, 0.25) is 11.8 Å². The van der Waals surface area contributed by atoms with E-state index in [9.17, 15) is 4.79 Å². The van der Waals surface area contributed by atoms with Crippen molar-refractivity contribution in [3.63, 3.8) is 0 Å². The second-order valence-corrected chi connectivity index (χ2v) is 2.60. The molecule has 0 aromatic heterocycles. The number of aliphatic imine (C=N–C) groups is 1. The maximum absolute atomic E-state index is 9.99. The normalized spacial score (nSPS) is 8.21. The van der Waals surface area contributed by atoms with Gasteiger partial charge in [0.15, 0.2) is 0 Å². The first kappa shape index (κ1) is 9.95. The van der Waals surface area contributed by atoms with Crippen LogP contribution in [-0.4, -0.2) is 6.08 Å². The van der Waals surface area contributed by atoms with Crippen molar-refractivity contribution in [3.8, 4) is 6.07 Å². The Morgan fingerprint density at radius 3 is 2.79 bits per heavy atom. The molecule has 0 aliphatic heterocycles. The molecule has 0 heterocycles. The summed E-state index contributed by atoms with van der Waals surface area (Å²) >= 11 is 5.73. The number of isocyanates is 1. The van der Waals surface area contributed by atoms with E-state index >= 15 is 0 Å². The van der Waals surface area contributed by atoms with Gasteiger partial charge in [0.25, 0.3) is 0 Å². The smallest absolute Gasteiger partial charge is 0.237 e. The zero-order chi connectivity index (χ0) is 10.6. The molecule has 0 N–H and O–H groups in total. The van der Waals surface area contributed by atoms with Gasteiger partial charge in [-0.3, -0.25) is 0 Å². The number of hydrogen-bond donors (Lipinski definition) is 0. The fourth-order valence-electron chi connectivity index (χ4n) is 0.890. The molecule has 0 atom stereocenters. The van der Waals surface area contributed by atoms with Crippen molar-refractivity contribution in [3.05, 3.63) is 34.1 Å². The van der Waals surface area contributed by atoms with E-state index in [1.165, 1.54) is 18.2 Å². The molecule has 0 saturated carbocycles. The van der Waals surface area contributed by atoms with E-state index in [4.69, 9.17) is 23.4 Å². The van der Waals surface area contributed by atoms with E-state index < -0.39 is 0 Å². The summed E-state index contributed by atoms with van der Waals surface area (Å²) in [6.45, 7) is 6.76. The van der Waals surface area contributed by atoms with Crippen LogP contribution in [0, 0.1) is 17.9 Å². The Labute approximate surface area is 84.9 Å². The van der Waals surface area contributed by atoms with Crippen LogP contribution in [0.25, 0.3) is 4.85 Å². The third-order valence-corrected chi connectivity index (χ3v) is 1.88. The third kappa shape index (κ3) is 1.62. The van der Waals surface area contributed by atoms with Crippen molar-refractivity contribution in [1.82, 2.24) is 0 Å². The van der Waals surface area contributed by atoms with Gasteiger partial charge in [-0.15, -0.1) is 0 Å². The standard InChI is InChI=1S/C9H2ClN3O/c1-12-7-2-3-8(13-5-14)9(10)6(7)4-11/h2-3H. The van der Waals surface area contributed by atoms with Gasteiger partial charge in [0.05, 0.1) is 28.9 Å². The van der Waals surface area contributed by atoms with Gasteiger partial charge in [-0.2, -0.15) is 10.3 Å². The molecule has 0 aliphatic carbocycles. The molecule has 1 aromatic carbocycles. The molecule has 0 fully saturated rings. The third-order valence-electron chi connectivity index (χ3n) is 1.50. The Morgan fingerprint density at radius 2 is 2.29 bits per heavy atom. The van der Waals surface area contributed by atoms with E-state index in [1.807, 2.05) is 0 Å². The SMILES string of the molecule is [C-]#[N+]c1ccc(N=C=O)c(Cl)c1C#N. The maximum atomic E-state index is 9.99. The summed E-state index contributed by atoms with van der Waals surface area (Å²) in [6, 6.07) is 4.55. The largest absolute Gasteiger partial charge is 0.240 e. The molecule has 0 aliphatic rings. The van der Waals surface area contributed by atoms with Crippen LogP contribution in [0.5, 0.6) is 0 Å². The monoisotopic (exact) mass is 203 g/mol. The predicted molar refractivity (Wildman–Crippen MR) is 50.2 cm³/mol. The topological polar surface area (TPSA) is 57.6 Å². The van der Waals surface area contributed by atoms with Crippen molar-refractivity contribution in [1.29, 1.82) is 5.26 Å². The second kappa shape index (κ2) is 4.20. The Kier molecular flexibility index (Phi) is 2.99. The van der Waals surface area contributed by atoms with E-state index in [-0.39, 0.29) is 22.0 Å². The number of nitriles is 1. The van der Waals surface area contributed by atoms with Crippen molar-refractivity contribution in [2.45, 2.75) is 0 Å². The number of benzene rings is 1. The highest BCUT2D eigenvalue weighted by Gasteiger charge is 2.10. The lowest BCUT2D eigenvalue weighted by atomic mass is 10.2. The lowest BCUT2D eigenvalue weighted by molar-refractivity contribution is 0.565. The minimum Gasteiger partial charge on any atom is -0.237 e. The van der Waals surface area contributed by atoms with Crippen molar-refractivity contribution in [2.24, 2.45) is 4.99 Å². The predicted octanol–water partition coefficient (Wildman–Crippen LogP) is 2.73. The molecule has 1 rings (SSSR count). The Hall–Kier alpha value is -2.13. The zero-order valence-electron chi connectivity index (χ0n) is 6.78. The van der Waals surface area contributed by atoms with Crippen LogP contribution in [-0.2, 0) is 4.79 Å². The number of carbonyl (C=O) groups excluding carboxylic acids is 1. The molecule has 0 radical (unpaired) electrons. The van der Waals surface area contributed by atoms with Crippen LogP contribution in [0.4, 0.5) is 11.4 Å². The first-order chi connectivity index (χ1) is 6.74. The van der Waals surface area contributed by atoms with Crippen molar-refractivity contribution >= 4 is 29.1 Å². The lowest BCUT2D eigenvalue weighted by Gasteiger charge is -1.99. The lowest BCUT2D eigenvalue weighted by Crippen LogP contribution is -1.78. The summed E-state index contributed by atoms with van der Waals surface area (Å²) in [6.07, 6.45) is 1.32. The summed E-state index contributed by atoms with van der Waals surface area (Å²) in [7, 11) is 0. The molecule has 0 saturated heterocycles. The van der Waals surface area contributed by atoms with Crippen LogP contribution in [0.2, 0.25) is 5.02 Å². The van der Waals surface area contributed by atoms with E-state index in [2.05, 4.69) is 9.84 Å². The first-order valence-corrected chi connectivity index (χ1v) is 3.80. The van der Waals surface area contributed by atoms with Gasteiger partial charge in [0.1, 0.15) is 0 Å². The van der Waals surface area contributed by atoms with E-state index in [1.54, 1.807) is 6.07 Å². The Bertz CT molecular complexity index is 504. The summed E-state index contributed by atoms with van der Waals surface area (Å²) in [5, 5.41) is 8.71. The van der Waals surface area contributed by atoms with Crippen LogP contribution in [0.15, 0.2) is 17.1 Å². The molecule has 0 spiro atoms. The van der Waals surface area contributed by atoms with Crippen molar-refractivity contribution < 1.29 is 4.79 Å². The zero-order valence-corrected chi connectivity index (χ0v) is 7.54. The average molecular weight is 204 g/mol. The molecule has 1 aromatic rings. The van der Waals surface area contributed by atoms with Crippen LogP contribution in [0.1, 0.15) is 5.56 Å². The van der Waals surface area contributed by atoms with Gasteiger partial charge in [-0.05, 0) is 6.07 Å². The molecular formula is C9H2ClN3O. The first-order valence-electron chi connectivity index (χ1n) is 3.42. The summed E-state index contributed by atoms with van der Waals surface area (Å²) < 4.78 is 0. The molecule has 14 heavy (non-hydrogen) atoms. The molecule has 5 heteroatoms. The molecule has 0 amide bonds. The average Bonchev–Trinajstić information content (AvgIpc) is 2.21. The van der Waals surface area contributed by atoms with Crippen LogP contribution >= 0.6 is 11.6 Å². The number of hydrogen-bond acceptors (Lipinski definition) is 3. The van der Waals surface area contributed by atoms with Crippen LogP contribution < -0.4 is 0 Å². The van der Waals surface area contributed by atoms with Gasteiger partial charge in [-0.25, -0.2) is 9.64 Å². The number of rotatable bonds is 1. The molecule has 0 bridgehead atoms. The van der Waals surface area contributed by atoms with Crippen molar-refractivity contribution in [2.75, 3.05) is 0 Å². The quantitative estimate of drug-likeness (QED) is 0.400. The van der Waals surface area contributed by atoms with E-state index in [0.717, 1.165) is 0 Å². The highest BCUT2D eigenvalue weighted by atomic mass is 35.5. The molecule has 66 valence electrons. The fourth-order valence-corrected chi connectivity index (χ4v) is 1.13. The number of halogens is 1. The highest BCUT2D eigenvalue weighted by Crippen LogP contribution is 2.34. The van der Waals surface area contributed by atoms with Gasteiger partial charge in [0, 0.05) is 0 Å². The maximum Gasteiger partial charge on any atom is 0.240 e. The van der Waals surface area contributed by atoms with E-state index in [0.29, 0.717) is 0 Å². The summed E-state index contributed by atoms with van der Waals surface area (Å²) in [4.78, 5) is 16.4. The Morgan fingerprint density at radius 1 is 1.57 bits per heavy atom. The minimum atomic E-state index is 0.00403. The Balaban J connectivity index is 3.54.